The Balaban J connectivity index is 2.16. The summed E-state index contributed by atoms with van der Waals surface area (Å²) >= 11 is 5.27. The van der Waals surface area contributed by atoms with Crippen LogP contribution in [0.1, 0.15) is 18.9 Å². The number of carbonyl (C=O) groups excluding carboxylic acids is 1. The van der Waals surface area contributed by atoms with Crippen molar-refractivity contribution in [2.24, 2.45) is 0 Å². The first-order valence-corrected chi connectivity index (χ1v) is 6.58. The van der Waals surface area contributed by atoms with Gasteiger partial charge in [0.25, 0.3) is 5.56 Å². The van der Waals surface area contributed by atoms with Gasteiger partial charge in [-0.25, -0.2) is 0 Å². The molecule has 1 atom stereocenters. The summed E-state index contributed by atoms with van der Waals surface area (Å²) in [6.45, 7) is 0.453. The zero-order valence-corrected chi connectivity index (χ0v) is 11.0. The van der Waals surface area contributed by atoms with Crippen molar-refractivity contribution in [3.63, 3.8) is 0 Å². The summed E-state index contributed by atoms with van der Waals surface area (Å²) < 4.78 is 1.99. The van der Waals surface area contributed by atoms with E-state index < -0.39 is 0 Å². The second kappa shape index (κ2) is 4.62. The van der Waals surface area contributed by atoms with Gasteiger partial charge in [-0.2, -0.15) is 0 Å². The van der Waals surface area contributed by atoms with E-state index in [2.05, 4.69) is 10.3 Å². The fraction of sp³-hybridized carbons (Fsp3) is 0.308. The molecule has 0 saturated carbocycles. The molecule has 1 amide bonds. The molecule has 98 valence electrons. The number of H-pyrrole nitrogens is 1. The summed E-state index contributed by atoms with van der Waals surface area (Å²) in [7, 11) is 0. The zero-order valence-electron chi connectivity index (χ0n) is 10.2. The Labute approximate surface area is 114 Å². The van der Waals surface area contributed by atoms with E-state index in [1.165, 1.54) is 0 Å². The standard InChI is InChI=1S/C13H13N3O2S/c17-11-6-5-8(7-14-11)16-12(18)9-3-1-2-4-10(9)15-13(16)19/h1-4,8H,5-7H2,(H,14,17)(H,15,19). The van der Waals surface area contributed by atoms with Crippen molar-refractivity contribution in [3.05, 3.63) is 39.4 Å². The number of fused-ring (bicyclic) bond motifs is 1. The quantitative estimate of drug-likeness (QED) is 0.775. The minimum atomic E-state index is -0.0968. The SMILES string of the molecule is O=C1CCC(n2c(=S)[nH]c3ccccc3c2=O)CN1. The highest BCUT2D eigenvalue weighted by molar-refractivity contribution is 7.71. The van der Waals surface area contributed by atoms with E-state index in [9.17, 15) is 9.59 Å². The minimum absolute atomic E-state index is 0.0278. The molecule has 1 aromatic carbocycles. The summed E-state index contributed by atoms with van der Waals surface area (Å²) in [4.78, 5) is 26.8. The highest BCUT2D eigenvalue weighted by Gasteiger charge is 2.21. The topological polar surface area (TPSA) is 66.9 Å². The van der Waals surface area contributed by atoms with Gasteiger partial charge < -0.3 is 10.3 Å². The second-order valence-corrected chi connectivity index (χ2v) is 5.03. The Bertz CT molecular complexity index is 752. The molecule has 0 radical (unpaired) electrons. The number of nitrogens with one attached hydrogen (secondary N) is 2. The summed E-state index contributed by atoms with van der Waals surface area (Å²) in [5.74, 6) is 0.0278. The van der Waals surface area contributed by atoms with Gasteiger partial charge in [0, 0.05) is 13.0 Å². The lowest BCUT2D eigenvalue weighted by molar-refractivity contribution is -0.122. The first kappa shape index (κ1) is 12.1. The number of carbonyl (C=O) groups is 1. The second-order valence-electron chi connectivity index (χ2n) is 4.65. The van der Waals surface area contributed by atoms with Gasteiger partial charge in [-0.05, 0) is 30.8 Å². The molecule has 19 heavy (non-hydrogen) atoms. The van der Waals surface area contributed by atoms with E-state index in [1.807, 2.05) is 18.2 Å². The molecule has 0 aliphatic carbocycles. The van der Waals surface area contributed by atoms with E-state index in [0.717, 1.165) is 5.52 Å². The minimum Gasteiger partial charge on any atom is -0.354 e. The van der Waals surface area contributed by atoms with Gasteiger partial charge in [0.15, 0.2) is 4.77 Å². The highest BCUT2D eigenvalue weighted by atomic mass is 32.1. The highest BCUT2D eigenvalue weighted by Crippen LogP contribution is 2.17. The van der Waals surface area contributed by atoms with Gasteiger partial charge in [0.05, 0.1) is 16.9 Å². The van der Waals surface area contributed by atoms with E-state index in [-0.39, 0.29) is 17.5 Å². The lowest BCUT2D eigenvalue weighted by Crippen LogP contribution is -2.40. The third-order valence-corrected chi connectivity index (χ3v) is 3.74. The number of amides is 1. The van der Waals surface area contributed by atoms with Crippen molar-refractivity contribution >= 4 is 29.0 Å². The third kappa shape index (κ3) is 2.08. The van der Waals surface area contributed by atoms with Gasteiger partial charge in [-0.15, -0.1) is 0 Å². The third-order valence-electron chi connectivity index (χ3n) is 3.44. The molecule has 2 N–H and O–H groups in total. The summed E-state index contributed by atoms with van der Waals surface area (Å²) in [6, 6.07) is 7.23. The average Bonchev–Trinajstić information content (AvgIpc) is 2.41. The fourth-order valence-corrected chi connectivity index (χ4v) is 2.79. The number of hydrogen-bond acceptors (Lipinski definition) is 3. The number of para-hydroxylation sites is 1. The van der Waals surface area contributed by atoms with Crippen LogP contribution >= 0.6 is 12.2 Å². The first-order valence-electron chi connectivity index (χ1n) is 6.17. The summed E-state index contributed by atoms with van der Waals surface area (Å²) in [6.07, 6.45) is 1.07. The maximum absolute atomic E-state index is 12.5. The van der Waals surface area contributed by atoms with E-state index >= 15 is 0 Å². The summed E-state index contributed by atoms with van der Waals surface area (Å²) in [5, 5.41) is 3.39. The predicted octanol–water partition coefficient (Wildman–Crippen LogP) is 1.51. The van der Waals surface area contributed by atoms with Crippen molar-refractivity contribution in [2.75, 3.05) is 6.54 Å². The van der Waals surface area contributed by atoms with Crippen LogP contribution in [-0.4, -0.2) is 22.0 Å². The Morgan fingerprint density at radius 2 is 2.05 bits per heavy atom. The largest absolute Gasteiger partial charge is 0.354 e. The molecule has 6 heteroatoms. The average molecular weight is 275 g/mol. The molecule has 1 aliphatic rings. The van der Waals surface area contributed by atoms with Crippen molar-refractivity contribution < 1.29 is 4.79 Å². The van der Waals surface area contributed by atoms with Crippen LogP contribution < -0.4 is 10.9 Å². The summed E-state index contributed by atoms with van der Waals surface area (Å²) in [5.41, 5.74) is 0.647. The van der Waals surface area contributed by atoms with Crippen molar-refractivity contribution in [2.45, 2.75) is 18.9 Å². The Morgan fingerprint density at radius 1 is 1.26 bits per heavy atom. The van der Waals surface area contributed by atoms with Crippen LogP contribution in [-0.2, 0) is 4.79 Å². The van der Waals surface area contributed by atoms with Crippen LogP contribution in [0, 0.1) is 4.77 Å². The molecule has 2 heterocycles. The van der Waals surface area contributed by atoms with E-state index in [0.29, 0.717) is 29.5 Å². The van der Waals surface area contributed by atoms with Gasteiger partial charge in [0.2, 0.25) is 5.91 Å². The molecule has 0 spiro atoms. The lowest BCUT2D eigenvalue weighted by Gasteiger charge is -2.24. The van der Waals surface area contributed by atoms with E-state index in [1.54, 1.807) is 10.6 Å². The fourth-order valence-electron chi connectivity index (χ4n) is 2.45. The van der Waals surface area contributed by atoms with Gasteiger partial charge in [0.1, 0.15) is 0 Å². The number of nitrogens with zero attached hydrogens (tertiary/aromatic N) is 1. The van der Waals surface area contributed by atoms with E-state index in [4.69, 9.17) is 12.2 Å². The zero-order chi connectivity index (χ0) is 13.4. The number of rotatable bonds is 1. The lowest BCUT2D eigenvalue weighted by atomic mass is 10.1. The molecule has 5 nitrogen and oxygen atoms in total. The maximum Gasteiger partial charge on any atom is 0.262 e. The van der Waals surface area contributed by atoms with Crippen LogP contribution in [0.4, 0.5) is 0 Å². The van der Waals surface area contributed by atoms with Crippen LogP contribution in [0.15, 0.2) is 29.1 Å². The molecule has 3 rings (SSSR count). The Hall–Kier alpha value is -1.95. The van der Waals surface area contributed by atoms with Gasteiger partial charge in [-0.1, -0.05) is 12.1 Å². The molecule has 2 aromatic rings. The van der Waals surface area contributed by atoms with Gasteiger partial charge in [-0.3, -0.25) is 14.2 Å². The number of hydrogen-bond donors (Lipinski definition) is 2. The van der Waals surface area contributed by atoms with Crippen LogP contribution in [0.3, 0.4) is 0 Å². The predicted molar refractivity (Wildman–Crippen MR) is 74.7 cm³/mol. The van der Waals surface area contributed by atoms with Crippen molar-refractivity contribution in [1.29, 1.82) is 0 Å². The molecule has 1 unspecified atom stereocenters. The molecule has 1 aromatic heterocycles. The Morgan fingerprint density at radius 3 is 2.79 bits per heavy atom. The van der Waals surface area contributed by atoms with Gasteiger partial charge >= 0.3 is 0 Å². The van der Waals surface area contributed by atoms with Crippen molar-refractivity contribution in [1.82, 2.24) is 14.9 Å². The number of aromatic amines is 1. The number of benzene rings is 1. The Kier molecular flexibility index (Phi) is 2.94. The molecular weight excluding hydrogens is 262 g/mol. The smallest absolute Gasteiger partial charge is 0.262 e. The first-order chi connectivity index (χ1) is 9.16. The normalized spacial score (nSPS) is 19.4. The molecular formula is C13H13N3O2S. The molecule has 0 bridgehead atoms. The van der Waals surface area contributed by atoms with Crippen LogP contribution in [0.25, 0.3) is 10.9 Å². The molecule has 1 saturated heterocycles. The van der Waals surface area contributed by atoms with Crippen molar-refractivity contribution in [3.8, 4) is 0 Å². The van der Waals surface area contributed by atoms with Crippen LogP contribution in [0.5, 0.6) is 0 Å². The van der Waals surface area contributed by atoms with Crippen LogP contribution in [0.2, 0.25) is 0 Å². The molecule has 1 aliphatic heterocycles. The maximum atomic E-state index is 12.5. The molecule has 1 fully saturated rings. The number of aromatic nitrogens is 2. The number of piperidine rings is 1. The monoisotopic (exact) mass is 275 g/mol.